The van der Waals surface area contributed by atoms with Crippen LogP contribution in [0.2, 0.25) is 0 Å². The van der Waals surface area contributed by atoms with Gasteiger partial charge >= 0.3 is 5.97 Å². The molecule has 0 bridgehead atoms. The highest BCUT2D eigenvalue weighted by Crippen LogP contribution is 2.20. The summed E-state index contributed by atoms with van der Waals surface area (Å²) in [6, 6.07) is 9.85. The van der Waals surface area contributed by atoms with Crippen LogP contribution in [-0.2, 0) is 14.3 Å². The summed E-state index contributed by atoms with van der Waals surface area (Å²) in [7, 11) is 0. The van der Waals surface area contributed by atoms with E-state index in [9.17, 15) is 9.90 Å². The average molecular weight is 278 g/mol. The van der Waals surface area contributed by atoms with Gasteiger partial charge in [-0.25, -0.2) is 4.79 Å². The Bertz CT molecular complexity index is 414. The zero-order valence-corrected chi connectivity index (χ0v) is 12.0. The minimum absolute atomic E-state index is 0.0583. The quantitative estimate of drug-likeness (QED) is 0.586. The first-order valence-electron chi connectivity index (χ1n) is 6.81. The maximum atomic E-state index is 11.1. The molecule has 0 aliphatic rings. The van der Waals surface area contributed by atoms with Crippen LogP contribution in [0.3, 0.4) is 0 Å². The summed E-state index contributed by atoms with van der Waals surface area (Å²) in [6.07, 6.45) is 2.84. The van der Waals surface area contributed by atoms with E-state index in [4.69, 9.17) is 9.47 Å². The van der Waals surface area contributed by atoms with Crippen molar-refractivity contribution in [3.8, 4) is 0 Å². The van der Waals surface area contributed by atoms with Gasteiger partial charge in [0.2, 0.25) is 0 Å². The van der Waals surface area contributed by atoms with Gasteiger partial charge in [0.25, 0.3) is 0 Å². The van der Waals surface area contributed by atoms with Crippen molar-refractivity contribution in [1.82, 2.24) is 0 Å². The third-order valence-electron chi connectivity index (χ3n) is 2.75. The largest absolute Gasteiger partial charge is 0.460 e. The summed E-state index contributed by atoms with van der Waals surface area (Å²) in [5.74, 6) is -0.457. The Morgan fingerprint density at radius 2 is 2.00 bits per heavy atom. The maximum absolute atomic E-state index is 11.1. The lowest BCUT2D eigenvalue weighted by Gasteiger charge is -2.19. The molecule has 1 N–H and O–H groups in total. The van der Waals surface area contributed by atoms with E-state index in [-0.39, 0.29) is 19.3 Å². The van der Waals surface area contributed by atoms with E-state index in [1.54, 1.807) is 13.0 Å². The van der Waals surface area contributed by atoms with Crippen molar-refractivity contribution >= 4 is 5.97 Å². The zero-order valence-electron chi connectivity index (χ0n) is 12.0. The third-order valence-corrected chi connectivity index (χ3v) is 2.75. The SMILES string of the molecule is CC=CC(=O)OCC(O)COC(CC)c1ccccc1. The highest BCUT2D eigenvalue weighted by atomic mass is 16.5. The molecule has 0 aliphatic carbocycles. The fourth-order valence-corrected chi connectivity index (χ4v) is 1.76. The molecule has 0 saturated heterocycles. The van der Waals surface area contributed by atoms with E-state index in [1.165, 1.54) is 6.08 Å². The fraction of sp³-hybridized carbons (Fsp3) is 0.438. The van der Waals surface area contributed by atoms with Crippen LogP contribution in [-0.4, -0.2) is 30.4 Å². The van der Waals surface area contributed by atoms with Crippen molar-refractivity contribution in [3.63, 3.8) is 0 Å². The molecule has 20 heavy (non-hydrogen) atoms. The lowest BCUT2D eigenvalue weighted by atomic mass is 10.1. The van der Waals surface area contributed by atoms with Crippen molar-refractivity contribution in [2.24, 2.45) is 0 Å². The number of ether oxygens (including phenoxy) is 2. The molecule has 1 aromatic carbocycles. The van der Waals surface area contributed by atoms with Crippen LogP contribution in [0.1, 0.15) is 31.9 Å². The lowest BCUT2D eigenvalue weighted by molar-refractivity contribution is -0.142. The number of carbonyl (C=O) groups is 1. The Hall–Kier alpha value is -1.65. The Morgan fingerprint density at radius 3 is 2.60 bits per heavy atom. The number of rotatable bonds is 8. The van der Waals surface area contributed by atoms with Crippen LogP contribution in [0.4, 0.5) is 0 Å². The number of hydrogen-bond donors (Lipinski definition) is 1. The molecule has 0 radical (unpaired) electrons. The van der Waals surface area contributed by atoms with Crippen LogP contribution < -0.4 is 0 Å². The highest BCUT2D eigenvalue weighted by Gasteiger charge is 2.13. The molecule has 0 saturated carbocycles. The smallest absolute Gasteiger partial charge is 0.330 e. The molecule has 0 spiro atoms. The molecule has 4 heteroatoms. The van der Waals surface area contributed by atoms with Gasteiger partial charge in [0.15, 0.2) is 0 Å². The van der Waals surface area contributed by atoms with Crippen LogP contribution >= 0.6 is 0 Å². The van der Waals surface area contributed by atoms with Crippen molar-refractivity contribution < 1.29 is 19.4 Å². The molecule has 0 heterocycles. The minimum atomic E-state index is -0.818. The van der Waals surface area contributed by atoms with Gasteiger partial charge in [0, 0.05) is 6.08 Å². The maximum Gasteiger partial charge on any atom is 0.330 e. The molecule has 110 valence electrons. The second-order valence-electron chi connectivity index (χ2n) is 4.42. The van der Waals surface area contributed by atoms with Gasteiger partial charge in [0.05, 0.1) is 12.7 Å². The molecule has 0 amide bonds. The Morgan fingerprint density at radius 1 is 1.30 bits per heavy atom. The second kappa shape index (κ2) is 9.28. The number of hydrogen-bond acceptors (Lipinski definition) is 4. The van der Waals surface area contributed by atoms with E-state index in [0.29, 0.717) is 0 Å². The Labute approximate surface area is 120 Å². The molecule has 1 aromatic rings. The molecular formula is C16H22O4. The molecule has 0 aromatic heterocycles. The summed E-state index contributed by atoms with van der Waals surface area (Å²) < 4.78 is 10.5. The summed E-state index contributed by atoms with van der Waals surface area (Å²) in [5, 5.41) is 9.73. The molecule has 0 aliphatic heterocycles. The van der Waals surface area contributed by atoms with Gasteiger partial charge < -0.3 is 14.6 Å². The fourth-order valence-electron chi connectivity index (χ4n) is 1.76. The standard InChI is InChI=1S/C16H22O4/c1-3-8-16(18)20-12-14(17)11-19-15(4-2)13-9-6-5-7-10-13/h3,5-10,14-15,17H,4,11-12H2,1-2H3. The number of allylic oxidation sites excluding steroid dienone is 1. The van der Waals surface area contributed by atoms with E-state index in [2.05, 4.69) is 0 Å². The van der Waals surface area contributed by atoms with Crippen molar-refractivity contribution in [1.29, 1.82) is 0 Å². The van der Waals surface area contributed by atoms with Crippen LogP contribution in [0, 0.1) is 0 Å². The normalized spacial score (nSPS) is 14.2. The number of aliphatic hydroxyl groups excluding tert-OH is 1. The van der Waals surface area contributed by atoms with Crippen LogP contribution in [0.25, 0.3) is 0 Å². The Balaban J connectivity index is 2.35. The topological polar surface area (TPSA) is 55.8 Å². The zero-order chi connectivity index (χ0) is 14.8. The summed E-state index contributed by atoms with van der Waals surface area (Å²) in [6.45, 7) is 3.83. The first kappa shape index (κ1) is 16.4. The van der Waals surface area contributed by atoms with Crippen molar-refractivity contribution in [2.45, 2.75) is 32.5 Å². The van der Waals surface area contributed by atoms with E-state index in [0.717, 1.165) is 12.0 Å². The van der Waals surface area contributed by atoms with Crippen molar-refractivity contribution in [3.05, 3.63) is 48.0 Å². The Kier molecular flexibility index (Phi) is 7.62. The first-order valence-corrected chi connectivity index (χ1v) is 6.81. The predicted octanol–water partition coefficient (Wildman–Crippen LogP) is 2.63. The number of esters is 1. The number of aliphatic hydroxyl groups is 1. The average Bonchev–Trinajstić information content (AvgIpc) is 2.47. The summed E-state index contributed by atoms with van der Waals surface area (Å²) >= 11 is 0. The van der Waals surface area contributed by atoms with Gasteiger partial charge in [0.1, 0.15) is 12.7 Å². The molecule has 2 atom stereocenters. The van der Waals surface area contributed by atoms with Crippen LogP contribution in [0.5, 0.6) is 0 Å². The molecule has 4 nitrogen and oxygen atoms in total. The van der Waals surface area contributed by atoms with Gasteiger partial charge in [-0.15, -0.1) is 0 Å². The van der Waals surface area contributed by atoms with E-state index >= 15 is 0 Å². The van der Waals surface area contributed by atoms with Gasteiger partial charge in [-0.05, 0) is 18.9 Å². The summed E-state index contributed by atoms with van der Waals surface area (Å²) in [4.78, 5) is 11.1. The summed E-state index contributed by atoms with van der Waals surface area (Å²) in [5.41, 5.74) is 1.08. The number of benzene rings is 1. The molecule has 0 fully saturated rings. The molecule has 1 rings (SSSR count). The lowest BCUT2D eigenvalue weighted by Crippen LogP contribution is -2.24. The van der Waals surface area contributed by atoms with Crippen molar-refractivity contribution in [2.75, 3.05) is 13.2 Å². The van der Waals surface area contributed by atoms with E-state index < -0.39 is 12.1 Å². The highest BCUT2D eigenvalue weighted by molar-refractivity contribution is 5.81. The minimum Gasteiger partial charge on any atom is -0.460 e. The second-order valence-corrected chi connectivity index (χ2v) is 4.42. The van der Waals surface area contributed by atoms with E-state index in [1.807, 2.05) is 37.3 Å². The third kappa shape index (κ3) is 5.99. The predicted molar refractivity (Wildman–Crippen MR) is 77.2 cm³/mol. The van der Waals surface area contributed by atoms with Gasteiger partial charge in [-0.1, -0.05) is 43.3 Å². The first-order chi connectivity index (χ1) is 9.67. The number of carbonyl (C=O) groups excluding carboxylic acids is 1. The molecular weight excluding hydrogens is 256 g/mol. The van der Waals surface area contributed by atoms with Crippen LogP contribution in [0.15, 0.2) is 42.5 Å². The van der Waals surface area contributed by atoms with Gasteiger partial charge in [-0.3, -0.25) is 0 Å². The monoisotopic (exact) mass is 278 g/mol. The van der Waals surface area contributed by atoms with Gasteiger partial charge in [-0.2, -0.15) is 0 Å². The molecule has 2 unspecified atom stereocenters.